The Kier molecular flexibility index (Phi) is 6.12. The van der Waals surface area contributed by atoms with Crippen molar-refractivity contribution in [2.24, 2.45) is 0 Å². The van der Waals surface area contributed by atoms with Gasteiger partial charge in [-0.05, 0) is 100.0 Å². The van der Waals surface area contributed by atoms with E-state index in [2.05, 4.69) is 167 Å². The Hall–Kier alpha value is -4.76. The van der Waals surface area contributed by atoms with Gasteiger partial charge in [0.2, 0.25) is 0 Å². The molecule has 2 unspecified atom stereocenters. The second-order valence-electron chi connectivity index (χ2n) is 17.0. The van der Waals surface area contributed by atoms with Gasteiger partial charge in [0.05, 0.1) is 5.54 Å². The summed E-state index contributed by atoms with van der Waals surface area (Å²) in [6.07, 6.45) is 5.02. The molecule has 0 aromatic heterocycles. The zero-order chi connectivity index (χ0) is 34.2. The van der Waals surface area contributed by atoms with Crippen molar-refractivity contribution >= 4 is 51.3 Å². The summed E-state index contributed by atoms with van der Waals surface area (Å²) in [6.45, 7) is 14.7. The molecule has 2 nitrogen and oxygen atoms in total. The molecule has 50 heavy (non-hydrogen) atoms. The van der Waals surface area contributed by atoms with Gasteiger partial charge in [-0.1, -0.05) is 138 Å². The zero-order valence-electron chi connectivity index (χ0n) is 30.3. The Morgan fingerprint density at radius 3 is 2.18 bits per heavy atom. The van der Waals surface area contributed by atoms with Crippen LogP contribution in [0.2, 0.25) is 0 Å². The van der Waals surface area contributed by atoms with Gasteiger partial charge < -0.3 is 9.71 Å². The fourth-order valence-corrected chi connectivity index (χ4v) is 10.4. The van der Waals surface area contributed by atoms with E-state index in [-0.39, 0.29) is 23.2 Å². The number of aryl methyl sites for hydroxylation is 1. The molecule has 10 rings (SSSR count). The number of anilines is 4. The summed E-state index contributed by atoms with van der Waals surface area (Å²) in [5, 5.41) is 2.59. The van der Waals surface area contributed by atoms with Gasteiger partial charge in [0.15, 0.2) is 0 Å². The van der Waals surface area contributed by atoms with Crippen LogP contribution in [0.25, 0.3) is 33.0 Å². The smallest absolute Gasteiger partial charge is 0.333 e. The first kappa shape index (κ1) is 30.1. The van der Waals surface area contributed by atoms with Crippen molar-refractivity contribution in [3.8, 4) is 22.3 Å². The molecule has 3 heteroatoms. The molecule has 1 aliphatic carbocycles. The van der Waals surface area contributed by atoms with Crippen LogP contribution in [0.1, 0.15) is 77.0 Å². The van der Waals surface area contributed by atoms with Crippen molar-refractivity contribution in [3.63, 3.8) is 0 Å². The first-order chi connectivity index (χ1) is 24.1. The molecule has 4 aliphatic rings. The number of nitrogens with zero attached hydrogens (tertiary/aromatic N) is 2. The van der Waals surface area contributed by atoms with Crippen LogP contribution < -0.4 is 20.6 Å². The van der Waals surface area contributed by atoms with Crippen LogP contribution in [-0.4, -0.2) is 12.4 Å². The van der Waals surface area contributed by atoms with Gasteiger partial charge in [0.25, 0.3) is 0 Å². The van der Waals surface area contributed by atoms with Crippen molar-refractivity contribution in [2.45, 2.75) is 83.6 Å². The van der Waals surface area contributed by atoms with Crippen LogP contribution in [0, 0.1) is 6.92 Å². The second-order valence-corrected chi connectivity index (χ2v) is 17.0. The molecule has 6 aromatic carbocycles. The Balaban J connectivity index is 1.34. The molecule has 1 fully saturated rings. The Bertz CT molecular complexity index is 2370. The third-order valence-electron chi connectivity index (χ3n) is 13.1. The van der Waals surface area contributed by atoms with E-state index in [1.807, 2.05) is 0 Å². The topological polar surface area (TPSA) is 6.48 Å². The number of benzene rings is 6. The lowest BCUT2D eigenvalue weighted by molar-refractivity contribution is 0.195. The molecule has 0 N–H and O–H groups in total. The van der Waals surface area contributed by atoms with Gasteiger partial charge >= 0.3 is 6.85 Å². The van der Waals surface area contributed by atoms with Crippen LogP contribution in [0.5, 0.6) is 0 Å². The molecular formula is C47H45BN2. The van der Waals surface area contributed by atoms with E-state index in [1.54, 1.807) is 5.56 Å². The number of hydrogen-bond acceptors (Lipinski definition) is 2. The SMILES string of the molecule is Cc1cc2c3c(c1)N1c4c(cc(C(C)(C)C)cc4C4(C)CCCCC14C)B3N(c1ccc(-c3ccccc3)cc1)c1c-2ccc2ccccc12. The summed E-state index contributed by atoms with van der Waals surface area (Å²) in [7, 11) is 0. The van der Waals surface area contributed by atoms with Gasteiger partial charge in [-0.25, -0.2) is 0 Å². The van der Waals surface area contributed by atoms with Gasteiger partial charge in [-0.2, -0.15) is 0 Å². The van der Waals surface area contributed by atoms with Crippen molar-refractivity contribution in [1.29, 1.82) is 0 Å². The third kappa shape index (κ3) is 3.87. The predicted molar refractivity (Wildman–Crippen MR) is 215 cm³/mol. The summed E-state index contributed by atoms with van der Waals surface area (Å²) < 4.78 is 0. The molecule has 0 bridgehead atoms. The zero-order valence-corrected chi connectivity index (χ0v) is 30.3. The summed E-state index contributed by atoms with van der Waals surface area (Å²) >= 11 is 0. The van der Waals surface area contributed by atoms with Crippen molar-refractivity contribution < 1.29 is 0 Å². The third-order valence-corrected chi connectivity index (χ3v) is 13.1. The first-order valence-electron chi connectivity index (χ1n) is 18.7. The normalized spacial score (nSPS) is 21.5. The number of fused-ring (bicyclic) bond motifs is 9. The second kappa shape index (κ2) is 10.2. The molecule has 1 saturated carbocycles. The minimum absolute atomic E-state index is 0.0111. The highest BCUT2D eigenvalue weighted by atomic mass is 15.3. The highest BCUT2D eigenvalue weighted by Gasteiger charge is 2.62. The van der Waals surface area contributed by atoms with E-state index in [4.69, 9.17) is 0 Å². The lowest BCUT2D eigenvalue weighted by Gasteiger charge is -2.53. The lowest BCUT2D eigenvalue weighted by atomic mass is 9.43. The molecule has 6 aromatic rings. The Morgan fingerprint density at radius 1 is 0.680 bits per heavy atom. The van der Waals surface area contributed by atoms with Crippen LogP contribution >= 0.6 is 0 Å². The quantitative estimate of drug-likeness (QED) is 0.172. The highest BCUT2D eigenvalue weighted by Crippen LogP contribution is 2.62. The average Bonchev–Trinajstić information content (AvgIpc) is 3.33. The van der Waals surface area contributed by atoms with E-state index in [0.717, 1.165) is 0 Å². The molecule has 3 aliphatic heterocycles. The minimum atomic E-state index is 0.0111. The molecular weight excluding hydrogens is 603 g/mol. The fraction of sp³-hybridized carbons (Fsp3) is 0.277. The van der Waals surface area contributed by atoms with Crippen LogP contribution in [0.3, 0.4) is 0 Å². The van der Waals surface area contributed by atoms with Crippen molar-refractivity contribution in [1.82, 2.24) is 0 Å². The molecule has 2 atom stereocenters. The summed E-state index contributed by atoms with van der Waals surface area (Å²) in [6, 6.07) is 44.1. The van der Waals surface area contributed by atoms with E-state index in [1.165, 1.54) is 104 Å². The average molecular weight is 649 g/mol. The maximum Gasteiger partial charge on any atom is 0.333 e. The van der Waals surface area contributed by atoms with Gasteiger partial charge in [0, 0.05) is 39.1 Å². The van der Waals surface area contributed by atoms with E-state index >= 15 is 0 Å². The first-order valence-corrected chi connectivity index (χ1v) is 18.7. The van der Waals surface area contributed by atoms with E-state index in [9.17, 15) is 0 Å². The molecule has 0 saturated heterocycles. The number of rotatable bonds is 2. The van der Waals surface area contributed by atoms with Gasteiger partial charge in [-0.3, -0.25) is 0 Å². The molecule has 0 spiro atoms. The molecule has 0 amide bonds. The van der Waals surface area contributed by atoms with Gasteiger partial charge in [0.1, 0.15) is 0 Å². The van der Waals surface area contributed by atoms with Crippen LogP contribution in [0.4, 0.5) is 22.7 Å². The Morgan fingerprint density at radius 2 is 1.40 bits per heavy atom. The van der Waals surface area contributed by atoms with E-state index in [0.29, 0.717) is 0 Å². The molecule has 3 heterocycles. The largest absolute Gasteiger partial charge is 0.376 e. The highest BCUT2D eigenvalue weighted by molar-refractivity contribution is 6.94. The maximum atomic E-state index is 2.86. The van der Waals surface area contributed by atoms with Crippen LogP contribution in [0.15, 0.2) is 115 Å². The summed E-state index contributed by atoms with van der Waals surface area (Å²) in [4.78, 5) is 5.58. The van der Waals surface area contributed by atoms with Gasteiger partial charge in [-0.15, -0.1) is 0 Å². The Labute approximate surface area is 297 Å². The summed E-state index contributed by atoms with van der Waals surface area (Å²) in [5.74, 6) is 0. The van der Waals surface area contributed by atoms with Crippen LogP contribution in [-0.2, 0) is 10.8 Å². The molecule has 0 radical (unpaired) electrons. The minimum Gasteiger partial charge on any atom is -0.376 e. The standard InChI is InChI=1S/C47H45BN2/c1-30-26-38-37-23-20-33-16-10-11-17-36(33)43(37)50(35-21-18-32(19-22-35)31-14-8-7-9-15-31)48-40-29-34(45(2,3)4)28-39-44(40)49(41(27-30)42(38)48)47(6)25-13-12-24-46(39,47)5/h7-11,14-23,26-29H,12-13,24-25H2,1-6H3. The number of hydrogen-bond donors (Lipinski definition) is 0. The fourth-order valence-electron chi connectivity index (χ4n) is 10.4. The van der Waals surface area contributed by atoms with Crippen molar-refractivity contribution in [2.75, 3.05) is 9.71 Å². The predicted octanol–water partition coefficient (Wildman–Crippen LogP) is 11.1. The lowest BCUT2D eigenvalue weighted by Crippen LogP contribution is -2.64. The summed E-state index contributed by atoms with van der Waals surface area (Å²) in [5.41, 5.74) is 18.1. The van der Waals surface area contributed by atoms with Crippen molar-refractivity contribution in [3.05, 3.63) is 132 Å². The monoisotopic (exact) mass is 648 g/mol. The molecule has 246 valence electrons. The van der Waals surface area contributed by atoms with E-state index < -0.39 is 0 Å². The maximum absolute atomic E-state index is 2.86.